The summed E-state index contributed by atoms with van der Waals surface area (Å²) < 4.78 is 0. The van der Waals surface area contributed by atoms with Gasteiger partial charge in [-0.1, -0.05) is 12.1 Å². The van der Waals surface area contributed by atoms with Crippen molar-refractivity contribution in [2.75, 3.05) is 0 Å². The lowest BCUT2D eigenvalue weighted by molar-refractivity contribution is -0.139. The summed E-state index contributed by atoms with van der Waals surface area (Å²) in [6.07, 6.45) is 2.27. The topological polar surface area (TPSA) is 106 Å². The SMILES string of the molecule is Cc1ncc(-c2cc(C(N)=O)nc3cc(CN4C(=O)CCC4=O)ccc23)s1. The molecule has 8 heteroatoms. The number of aryl methyl sites for hydroxylation is 1. The Balaban J connectivity index is 1.82. The number of likely N-dealkylation sites (tertiary alicyclic amines) is 1. The number of carbonyl (C=O) groups is 3. The van der Waals surface area contributed by atoms with Crippen molar-refractivity contribution in [2.45, 2.75) is 26.3 Å². The summed E-state index contributed by atoms with van der Waals surface area (Å²) in [5.41, 5.74) is 7.80. The largest absolute Gasteiger partial charge is 0.364 e. The lowest BCUT2D eigenvalue weighted by atomic mass is 10.0. The van der Waals surface area contributed by atoms with Gasteiger partial charge in [0, 0.05) is 30.0 Å². The van der Waals surface area contributed by atoms with E-state index in [9.17, 15) is 14.4 Å². The second-order valence-corrected chi connectivity index (χ2v) is 7.62. The van der Waals surface area contributed by atoms with Crippen LogP contribution >= 0.6 is 11.3 Å². The second kappa shape index (κ2) is 6.55. The standard InChI is InChI=1S/C19H16N4O3S/c1-10-21-8-16(27-10)13-7-15(19(20)26)22-14-6-11(2-3-12(13)14)9-23-17(24)4-5-18(23)25/h2-3,6-8H,4-5,9H2,1H3,(H2,20,26). The minimum Gasteiger partial charge on any atom is -0.364 e. The van der Waals surface area contributed by atoms with E-state index in [0.717, 1.165) is 26.4 Å². The third kappa shape index (κ3) is 3.19. The Labute approximate surface area is 158 Å². The van der Waals surface area contributed by atoms with Crippen molar-refractivity contribution in [2.24, 2.45) is 5.73 Å². The Hall–Kier alpha value is -3.13. The normalized spacial score (nSPS) is 14.3. The fraction of sp³-hybridized carbons (Fsp3) is 0.211. The molecule has 3 aromatic rings. The van der Waals surface area contributed by atoms with Gasteiger partial charge in [0.2, 0.25) is 11.8 Å². The van der Waals surface area contributed by atoms with Crippen molar-refractivity contribution in [3.8, 4) is 10.4 Å². The lowest BCUT2D eigenvalue weighted by Gasteiger charge is -2.14. The maximum absolute atomic E-state index is 11.9. The molecule has 0 radical (unpaired) electrons. The van der Waals surface area contributed by atoms with Gasteiger partial charge in [-0.25, -0.2) is 9.97 Å². The number of pyridine rings is 1. The number of imide groups is 1. The van der Waals surface area contributed by atoms with E-state index < -0.39 is 5.91 Å². The molecule has 0 atom stereocenters. The van der Waals surface area contributed by atoms with E-state index in [1.165, 1.54) is 16.2 Å². The summed E-state index contributed by atoms with van der Waals surface area (Å²) in [7, 11) is 0. The van der Waals surface area contributed by atoms with Gasteiger partial charge < -0.3 is 5.73 Å². The zero-order valence-electron chi connectivity index (χ0n) is 14.6. The minimum atomic E-state index is -0.616. The van der Waals surface area contributed by atoms with Gasteiger partial charge in [0.25, 0.3) is 5.91 Å². The van der Waals surface area contributed by atoms with E-state index in [1.807, 2.05) is 19.1 Å². The van der Waals surface area contributed by atoms with Crippen LogP contribution in [0.15, 0.2) is 30.5 Å². The van der Waals surface area contributed by atoms with Gasteiger partial charge in [0.15, 0.2) is 0 Å². The van der Waals surface area contributed by atoms with Gasteiger partial charge in [0.1, 0.15) is 5.69 Å². The number of fused-ring (bicyclic) bond motifs is 1. The smallest absolute Gasteiger partial charge is 0.267 e. The van der Waals surface area contributed by atoms with Crippen molar-refractivity contribution in [1.82, 2.24) is 14.9 Å². The van der Waals surface area contributed by atoms with E-state index in [-0.39, 0.29) is 36.9 Å². The average molecular weight is 380 g/mol. The molecule has 1 aromatic carbocycles. The number of hydrogen-bond donors (Lipinski definition) is 1. The molecule has 7 nitrogen and oxygen atoms in total. The molecular formula is C19H16N4O3S. The Morgan fingerprint density at radius 1 is 1.22 bits per heavy atom. The fourth-order valence-corrected chi connectivity index (χ4v) is 3.98. The minimum absolute atomic E-state index is 0.161. The highest BCUT2D eigenvalue weighted by Gasteiger charge is 2.28. The summed E-state index contributed by atoms with van der Waals surface area (Å²) in [6, 6.07) is 7.21. The van der Waals surface area contributed by atoms with Gasteiger partial charge in [-0.3, -0.25) is 19.3 Å². The zero-order valence-corrected chi connectivity index (χ0v) is 15.4. The first-order chi connectivity index (χ1) is 12.9. The summed E-state index contributed by atoms with van der Waals surface area (Å²) in [5.74, 6) is -0.950. The Kier molecular flexibility index (Phi) is 4.19. The third-order valence-electron chi connectivity index (χ3n) is 4.51. The number of nitrogens with two attached hydrogens (primary N) is 1. The highest BCUT2D eigenvalue weighted by molar-refractivity contribution is 7.15. The molecule has 1 saturated heterocycles. The Bertz CT molecular complexity index is 1090. The monoisotopic (exact) mass is 380 g/mol. The van der Waals surface area contributed by atoms with E-state index in [1.54, 1.807) is 18.3 Å². The van der Waals surface area contributed by atoms with Crippen LogP contribution in [0.25, 0.3) is 21.3 Å². The summed E-state index contributed by atoms with van der Waals surface area (Å²) in [4.78, 5) is 46.3. The number of aromatic nitrogens is 2. The zero-order chi connectivity index (χ0) is 19.1. The van der Waals surface area contributed by atoms with Crippen LogP contribution in [0.3, 0.4) is 0 Å². The highest BCUT2D eigenvalue weighted by atomic mass is 32.1. The van der Waals surface area contributed by atoms with Crippen LogP contribution in [0, 0.1) is 6.92 Å². The molecule has 0 saturated carbocycles. The Morgan fingerprint density at radius 3 is 2.59 bits per heavy atom. The van der Waals surface area contributed by atoms with Gasteiger partial charge in [-0.15, -0.1) is 11.3 Å². The van der Waals surface area contributed by atoms with E-state index in [0.29, 0.717) is 5.52 Å². The number of amides is 3. The predicted molar refractivity (Wildman–Crippen MR) is 101 cm³/mol. The van der Waals surface area contributed by atoms with Crippen LogP contribution in [0.2, 0.25) is 0 Å². The molecule has 136 valence electrons. The summed E-state index contributed by atoms with van der Waals surface area (Å²) in [5, 5.41) is 1.77. The molecule has 2 N–H and O–H groups in total. The van der Waals surface area contributed by atoms with Gasteiger partial charge in [-0.2, -0.15) is 0 Å². The molecule has 0 unspecified atom stereocenters. The highest BCUT2D eigenvalue weighted by Crippen LogP contribution is 2.33. The van der Waals surface area contributed by atoms with Gasteiger partial charge >= 0.3 is 0 Å². The number of benzene rings is 1. The third-order valence-corrected chi connectivity index (χ3v) is 5.46. The van der Waals surface area contributed by atoms with Crippen molar-refractivity contribution in [1.29, 1.82) is 0 Å². The molecule has 1 aliphatic heterocycles. The number of thiazole rings is 1. The van der Waals surface area contributed by atoms with Crippen LogP contribution in [0.1, 0.15) is 33.9 Å². The van der Waals surface area contributed by atoms with Crippen LogP contribution in [0.4, 0.5) is 0 Å². The molecule has 0 aliphatic carbocycles. The van der Waals surface area contributed by atoms with Crippen molar-refractivity contribution >= 4 is 40.0 Å². The molecule has 3 amide bonds. The van der Waals surface area contributed by atoms with Crippen LogP contribution in [0.5, 0.6) is 0 Å². The van der Waals surface area contributed by atoms with Gasteiger partial charge in [-0.05, 0) is 24.6 Å². The molecule has 1 fully saturated rings. The van der Waals surface area contributed by atoms with Crippen LogP contribution < -0.4 is 5.73 Å². The first kappa shape index (κ1) is 17.3. The van der Waals surface area contributed by atoms with Gasteiger partial charge in [0.05, 0.1) is 21.9 Å². The molecule has 0 bridgehead atoms. The lowest BCUT2D eigenvalue weighted by Crippen LogP contribution is -2.28. The van der Waals surface area contributed by atoms with Crippen molar-refractivity contribution < 1.29 is 14.4 Å². The molecule has 4 rings (SSSR count). The second-order valence-electron chi connectivity index (χ2n) is 6.39. The molecule has 0 spiro atoms. The fourth-order valence-electron chi connectivity index (χ4n) is 3.17. The Morgan fingerprint density at radius 2 is 1.96 bits per heavy atom. The van der Waals surface area contributed by atoms with E-state index in [4.69, 9.17) is 5.73 Å². The number of hydrogen-bond acceptors (Lipinski definition) is 6. The predicted octanol–water partition coefficient (Wildman–Crippen LogP) is 2.41. The maximum Gasteiger partial charge on any atom is 0.267 e. The van der Waals surface area contributed by atoms with Crippen molar-refractivity contribution in [3.63, 3.8) is 0 Å². The maximum atomic E-state index is 11.9. The summed E-state index contributed by atoms with van der Waals surface area (Å²) >= 11 is 1.52. The summed E-state index contributed by atoms with van der Waals surface area (Å²) in [6.45, 7) is 2.11. The first-order valence-corrected chi connectivity index (χ1v) is 9.23. The number of carbonyl (C=O) groups excluding carboxylic acids is 3. The molecular weight excluding hydrogens is 364 g/mol. The average Bonchev–Trinajstić information content (AvgIpc) is 3.21. The van der Waals surface area contributed by atoms with Crippen molar-refractivity contribution in [3.05, 3.63) is 46.7 Å². The molecule has 2 aromatic heterocycles. The van der Waals surface area contributed by atoms with Crippen LogP contribution in [-0.2, 0) is 16.1 Å². The molecule has 3 heterocycles. The molecule has 1 aliphatic rings. The number of primary amides is 1. The first-order valence-electron chi connectivity index (χ1n) is 8.42. The number of nitrogens with zero attached hydrogens (tertiary/aromatic N) is 3. The molecule has 27 heavy (non-hydrogen) atoms. The van der Waals surface area contributed by atoms with E-state index >= 15 is 0 Å². The van der Waals surface area contributed by atoms with E-state index in [2.05, 4.69) is 9.97 Å². The number of rotatable bonds is 4. The van der Waals surface area contributed by atoms with Crippen LogP contribution in [-0.4, -0.2) is 32.6 Å². The quantitative estimate of drug-likeness (QED) is 0.700.